The van der Waals surface area contributed by atoms with Gasteiger partial charge in [-0.15, -0.1) is 0 Å². The number of anilines is 1. The Morgan fingerprint density at radius 2 is 1.71 bits per heavy atom. The van der Waals surface area contributed by atoms with Gasteiger partial charge >= 0.3 is 10.1 Å². The Morgan fingerprint density at radius 1 is 1.07 bits per heavy atom. The molecule has 0 aliphatic carbocycles. The second-order valence-corrected chi connectivity index (χ2v) is 8.18. The van der Waals surface area contributed by atoms with Crippen molar-refractivity contribution < 1.29 is 22.2 Å². The van der Waals surface area contributed by atoms with E-state index < -0.39 is 10.1 Å². The second-order valence-electron chi connectivity index (χ2n) is 6.63. The minimum Gasteiger partial charge on any atom is -0.379 e. The second kappa shape index (κ2) is 8.88. The highest BCUT2D eigenvalue weighted by atomic mass is 32.2. The molecule has 2 rings (SSSR count). The summed E-state index contributed by atoms with van der Waals surface area (Å²) < 4.78 is 30.3. The van der Waals surface area contributed by atoms with Crippen molar-refractivity contribution in [1.29, 1.82) is 0 Å². The summed E-state index contributed by atoms with van der Waals surface area (Å²) in [6.07, 6.45) is 0. The van der Waals surface area contributed by atoms with Gasteiger partial charge in [0.1, 0.15) is 10.6 Å². The molecule has 0 fully saturated rings. The zero-order valence-corrected chi connectivity index (χ0v) is 17.1. The summed E-state index contributed by atoms with van der Waals surface area (Å²) in [4.78, 5) is 24.5. The van der Waals surface area contributed by atoms with Gasteiger partial charge in [0.2, 0.25) is 11.8 Å². The largest absolute Gasteiger partial charge is 0.379 e. The van der Waals surface area contributed by atoms with Crippen molar-refractivity contribution in [1.82, 2.24) is 4.90 Å². The van der Waals surface area contributed by atoms with E-state index in [1.807, 2.05) is 13.8 Å². The molecule has 28 heavy (non-hydrogen) atoms. The monoisotopic (exact) mass is 404 g/mol. The van der Waals surface area contributed by atoms with E-state index in [9.17, 15) is 18.0 Å². The number of benzene rings is 2. The molecule has 150 valence electrons. The highest BCUT2D eigenvalue weighted by Gasteiger charge is 2.18. The van der Waals surface area contributed by atoms with Crippen LogP contribution in [0.5, 0.6) is 5.75 Å². The van der Waals surface area contributed by atoms with Crippen LogP contribution in [0, 0.1) is 0 Å². The number of amides is 2. The van der Waals surface area contributed by atoms with E-state index in [2.05, 4.69) is 5.32 Å². The van der Waals surface area contributed by atoms with Gasteiger partial charge in [-0.05, 0) is 55.8 Å². The Hall–Kier alpha value is -2.87. The van der Waals surface area contributed by atoms with Crippen molar-refractivity contribution in [2.75, 3.05) is 5.32 Å². The lowest BCUT2D eigenvalue weighted by Crippen LogP contribution is -2.34. The highest BCUT2D eigenvalue weighted by molar-refractivity contribution is 7.87. The summed E-state index contributed by atoms with van der Waals surface area (Å²) in [6, 6.07) is 12.3. The molecule has 0 aliphatic heterocycles. The molecule has 0 heterocycles. The molecule has 0 aliphatic rings. The molecule has 1 N–H and O–H groups in total. The van der Waals surface area contributed by atoms with E-state index >= 15 is 0 Å². The third-order valence-electron chi connectivity index (χ3n) is 3.95. The van der Waals surface area contributed by atoms with Crippen molar-refractivity contribution >= 4 is 27.6 Å². The number of hydrogen-bond acceptors (Lipinski definition) is 5. The molecule has 0 spiro atoms. The van der Waals surface area contributed by atoms with Gasteiger partial charge < -0.3 is 14.4 Å². The first-order valence-corrected chi connectivity index (χ1v) is 10.2. The van der Waals surface area contributed by atoms with Crippen molar-refractivity contribution in [2.45, 2.75) is 45.2 Å². The molecule has 0 radical (unpaired) electrons. The lowest BCUT2D eigenvalue weighted by atomic mass is 10.2. The average molecular weight is 404 g/mol. The Kier molecular flexibility index (Phi) is 6.80. The Morgan fingerprint density at radius 3 is 2.25 bits per heavy atom. The predicted molar refractivity (Wildman–Crippen MR) is 106 cm³/mol. The summed E-state index contributed by atoms with van der Waals surface area (Å²) in [5, 5.41) is 2.57. The van der Waals surface area contributed by atoms with Crippen LogP contribution in [0.3, 0.4) is 0 Å². The van der Waals surface area contributed by atoms with Crippen molar-refractivity contribution in [3.05, 3.63) is 54.1 Å². The molecular weight excluding hydrogens is 380 g/mol. The maximum absolute atomic E-state index is 12.5. The quantitative estimate of drug-likeness (QED) is 0.716. The van der Waals surface area contributed by atoms with Gasteiger partial charge in [0.05, 0.1) is 0 Å². The maximum atomic E-state index is 12.5. The molecule has 0 atom stereocenters. The third-order valence-corrected chi connectivity index (χ3v) is 5.21. The van der Waals surface area contributed by atoms with Crippen LogP contribution in [0.15, 0.2) is 53.4 Å². The molecule has 8 heteroatoms. The van der Waals surface area contributed by atoms with Gasteiger partial charge in [-0.2, -0.15) is 8.42 Å². The van der Waals surface area contributed by atoms with E-state index in [1.54, 1.807) is 29.2 Å². The molecule has 0 bridgehead atoms. The van der Waals surface area contributed by atoms with Crippen LogP contribution in [-0.4, -0.2) is 31.2 Å². The normalized spacial score (nSPS) is 11.2. The number of rotatable bonds is 7. The van der Waals surface area contributed by atoms with Crippen molar-refractivity contribution in [3.63, 3.8) is 0 Å². The van der Waals surface area contributed by atoms with Gasteiger partial charge in [0.25, 0.3) is 0 Å². The van der Waals surface area contributed by atoms with Crippen LogP contribution in [0.4, 0.5) is 5.69 Å². The molecule has 0 saturated heterocycles. The van der Waals surface area contributed by atoms with E-state index in [1.165, 1.54) is 38.1 Å². The number of carbonyl (C=O) groups excluding carboxylic acids is 2. The minimum absolute atomic E-state index is 0.0212. The topological polar surface area (TPSA) is 92.8 Å². The van der Waals surface area contributed by atoms with Crippen LogP contribution >= 0.6 is 0 Å². The first-order valence-electron chi connectivity index (χ1n) is 8.77. The maximum Gasteiger partial charge on any atom is 0.339 e. The van der Waals surface area contributed by atoms with Crippen LogP contribution in [0.2, 0.25) is 0 Å². The van der Waals surface area contributed by atoms with Gasteiger partial charge in [0, 0.05) is 32.1 Å². The molecule has 0 aromatic heterocycles. The SMILES string of the molecule is CC(=O)Nc1ccc(S(=O)(=O)Oc2cccc(CN(C(C)=O)C(C)C)c2)cc1. The van der Waals surface area contributed by atoms with E-state index in [-0.39, 0.29) is 28.5 Å². The van der Waals surface area contributed by atoms with Crippen LogP contribution < -0.4 is 9.50 Å². The lowest BCUT2D eigenvalue weighted by molar-refractivity contribution is -0.131. The fourth-order valence-electron chi connectivity index (χ4n) is 2.63. The van der Waals surface area contributed by atoms with E-state index in [0.717, 1.165) is 5.56 Å². The van der Waals surface area contributed by atoms with E-state index in [4.69, 9.17) is 4.18 Å². The first-order chi connectivity index (χ1) is 13.1. The molecule has 2 amide bonds. The summed E-state index contributed by atoms with van der Waals surface area (Å²) in [5.74, 6) is -0.145. The lowest BCUT2D eigenvalue weighted by Gasteiger charge is -2.25. The van der Waals surface area contributed by atoms with Gasteiger partial charge in [-0.3, -0.25) is 9.59 Å². The zero-order valence-electron chi connectivity index (χ0n) is 16.3. The Bertz CT molecular complexity index is 953. The minimum atomic E-state index is -4.03. The number of carbonyl (C=O) groups is 2. The molecule has 2 aromatic carbocycles. The fourth-order valence-corrected chi connectivity index (χ4v) is 3.56. The Balaban J connectivity index is 2.18. The molecule has 2 aromatic rings. The van der Waals surface area contributed by atoms with Crippen molar-refractivity contribution in [2.24, 2.45) is 0 Å². The number of nitrogens with zero attached hydrogens (tertiary/aromatic N) is 1. The summed E-state index contributed by atoms with van der Waals surface area (Å²) in [5.41, 5.74) is 1.25. The van der Waals surface area contributed by atoms with Gasteiger partial charge in [-0.1, -0.05) is 12.1 Å². The van der Waals surface area contributed by atoms with Crippen molar-refractivity contribution in [3.8, 4) is 5.75 Å². The average Bonchev–Trinajstić information content (AvgIpc) is 2.59. The van der Waals surface area contributed by atoms with Crippen LogP contribution in [0.1, 0.15) is 33.3 Å². The van der Waals surface area contributed by atoms with Gasteiger partial charge in [-0.25, -0.2) is 0 Å². The van der Waals surface area contributed by atoms with E-state index in [0.29, 0.717) is 12.2 Å². The molecular formula is C20H24N2O5S. The first kappa shape index (κ1) is 21.4. The molecule has 0 unspecified atom stereocenters. The van der Waals surface area contributed by atoms with Crippen LogP contribution in [-0.2, 0) is 26.3 Å². The molecule has 0 saturated carbocycles. The predicted octanol–water partition coefficient (Wildman–Crippen LogP) is 3.17. The zero-order chi connectivity index (χ0) is 20.9. The smallest absolute Gasteiger partial charge is 0.339 e. The summed E-state index contributed by atoms with van der Waals surface area (Å²) in [7, 11) is -4.03. The van der Waals surface area contributed by atoms with Gasteiger partial charge in [0.15, 0.2) is 0 Å². The van der Waals surface area contributed by atoms with Crippen LogP contribution in [0.25, 0.3) is 0 Å². The molecule has 7 nitrogen and oxygen atoms in total. The number of hydrogen-bond donors (Lipinski definition) is 1. The summed E-state index contributed by atoms with van der Waals surface area (Å²) >= 11 is 0. The third kappa shape index (κ3) is 5.82. The number of nitrogens with one attached hydrogen (secondary N) is 1. The Labute approximate surface area is 165 Å². The summed E-state index contributed by atoms with van der Waals surface area (Å²) in [6.45, 7) is 7.05. The standard InChI is InChI=1S/C20H24N2O5S/c1-14(2)22(16(4)24)13-17-6-5-7-19(12-17)27-28(25,26)20-10-8-18(9-11-20)21-15(3)23/h5-12,14H,13H2,1-4H3,(H,21,23). The highest BCUT2D eigenvalue weighted by Crippen LogP contribution is 2.22. The fraction of sp³-hybridized carbons (Fsp3) is 0.300.